The number of H-pyrrole nitrogens is 1. The van der Waals surface area contributed by atoms with E-state index < -0.39 is 10.0 Å². The molecule has 0 radical (unpaired) electrons. The first-order valence-corrected chi connectivity index (χ1v) is 8.06. The van der Waals surface area contributed by atoms with Gasteiger partial charge in [-0.1, -0.05) is 0 Å². The standard InChI is InChI=1S/C11H21N5O2S/c12-8-10-9-13-15-11(10)19(17,18)14-4-3-7-16-5-1-2-6-16/h9,14H,1-8,12H2,(H,13,15). The summed E-state index contributed by atoms with van der Waals surface area (Å²) in [5.74, 6) is 0. The molecule has 1 saturated heterocycles. The Balaban J connectivity index is 1.81. The number of nitrogens with zero attached hydrogens (tertiary/aromatic N) is 2. The van der Waals surface area contributed by atoms with E-state index in [4.69, 9.17) is 5.73 Å². The topological polar surface area (TPSA) is 104 Å². The van der Waals surface area contributed by atoms with E-state index in [1.807, 2.05) is 0 Å². The Hall–Kier alpha value is -0.960. The molecule has 0 atom stereocenters. The molecule has 0 amide bonds. The fourth-order valence-electron chi connectivity index (χ4n) is 2.26. The quantitative estimate of drug-likeness (QED) is 0.594. The van der Waals surface area contributed by atoms with Gasteiger partial charge in [-0.25, -0.2) is 13.1 Å². The van der Waals surface area contributed by atoms with E-state index in [2.05, 4.69) is 19.8 Å². The Kier molecular flexibility index (Phi) is 4.92. The summed E-state index contributed by atoms with van der Waals surface area (Å²) < 4.78 is 26.6. The lowest BCUT2D eigenvalue weighted by molar-refractivity contribution is 0.334. The van der Waals surface area contributed by atoms with Crippen LogP contribution in [0.3, 0.4) is 0 Å². The molecule has 108 valence electrons. The maximum atomic E-state index is 12.0. The molecule has 0 bridgehead atoms. The van der Waals surface area contributed by atoms with Crippen molar-refractivity contribution in [2.45, 2.75) is 30.8 Å². The average Bonchev–Trinajstić information content (AvgIpc) is 3.05. The SMILES string of the molecule is NCc1cn[nH]c1S(=O)(=O)NCCCN1CCCC1. The van der Waals surface area contributed by atoms with Crippen molar-refractivity contribution in [1.82, 2.24) is 19.8 Å². The molecule has 0 spiro atoms. The summed E-state index contributed by atoms with van der Waals surface area (Å²) in [4.78, 5) is 2.36. The molecule has 1 fully saturated rings. The van der Waals surface area contributed by atoms with Crippen LogP contribution in [-0.4, -0.2) is 49.7 Å². The molecule has 2 rings (SSSR count). The molecule has 19 heavy (non-hydrogen) atoms. The second-order valence-electron chi connectivity index (χ2n) is 4.73. The highest BCUT2D eigenvalue weighted by Gasteiger charge is 2.19. The van der Waals surface area contributed by atoms with Crippen molar-refractivity contribution in [3.05, 3.63) is 11.8 Å². The van der Waals surface area contributed by atoms with Crippen molar-refractivity contribution < 1.29 is 8.42 Å². The molecule has 2 heterocycles. The molecule has 1 aliphatic heterocycles. The summed E-state index contributed by atoms with van der Waals surface area (Å²) in [5, 5.41) is 6.29. The number of rotatable bonds is 7. The number of nitrogens with one attached hydrogen (secondary N) is 2. The van der Waals surface area contributed by atoms with Gasteiger partial charge >= 0.3 is 0 Å². The van der Waals surface area contributed by atoms with E-state index in [1.165, 1.54) is 19.0 Å². The number of sulfonamides is 1. The zero-order valence-corrected chi connectivity index (χ0v) is 11.7. The largest absolute Gasteiger partial charge is 0.326 e. The molecule has 1 aliphatic rings. The number of aromatic amines is 1. The molecule has 1 aromatic rings. The van der Waals surface area contributed by atoms with Gasteiger partial charge in [-0.3, -0.25) is 5.10 Å². The Bertz CT molecular complexity index is 493. The van der Waals surface area contributed by atoms with Crippen LogP contribution >= 0.6 is 0 Å². The third-order valence-corrected chi connectivity index (χ3v) is 4.78. The Labute approximate surface area is 113 Å². The van der Waals surface area contributed by atoms with Crippen LogP contribution in [0.1, 0.15) is 24.8 Å². The van der Waals surface area contributed by atoms with Gasteiger partial charge in [-0.2, -0.15) is 5.10 Å². The van der Waals surface area contributed by atoms with Gasteiger partial charge in [0.15, 0.2) is 5.03 Å². The van der Waals surface area contributed by atoms with Gasteiger partial charge in [0.1, 0.15) is 0 Å². The zero-order chi connectivity index (χ0) is 13.7. The Morgan fingerprint density at radius 1 is 1.42 bits per heavy atom. The fraction of sp³-hybridized carbons (Fsp3) is 0.727. The smallest absolute Gasteiger partial charge is 0.257 e. The number of nitrogens with two attached hydrogens (primary N) is 1. The van der Waals surface area contributed by atoms with Gasteiger partial charge in [0, 0.05) is 18.7 Å². The first-order chi connectivity index (χ1) is 9.13. The minimum absolute atomic E-state index is 0.0798. The van der Waals surface area contributed by atoms with Gasteiger partial charge in [0.25, 0.3) is 10.0 Å². The number of likely N-dealkylation sites (tertiary alicyclic amines) is 1. The van der Waals surface area contributed by atoms with Gasteiger partial charge in [0.05, 0.1) is 6.20 Å². The molecule has 1 aromatic heterocycles. The lowest BCUT2D eigenvalue weighted by Crippen LogP contribution is -2.29. The third kappa shape index (κ3) is 3.75. The highest BCUT2D eigenvalue weighted by atomic mass is 32.2. The molecular weight excluding hydrogens is 266 g/mol. The molecular formula is C11H21N5O2S. The van der Waals surface area contributed by atoms with Gasteiger partial charge in [0.2, 0.25) is 0 Å². The third-order valence-electron chi connectivity index (χ3n) is 3.31. The molecule has 8 heteroatoms. The highest BCUT2D eigenvalue weighted by molar-refractivity contribution is 7.89. The van der Waals surface area contributed by atoms with Crippen LogP contribution in [0.15, 0.2) is 11.2 Å². The van der Waals surface area contributed by atoms with Crippen LogP contribution in [0.25, 0.3) is 0 Å². The van der Waals surface area contributed by atoms with E-state index in [0.717, 1.165) is 26.1 Å². The predicted octanol–water partition coefficient (Wildman–Crippen LogP) is -0.367. The monoisotopic (exact) mass is 287 g/mol. The average molecular weight is 287 g/mol. The van der Waals surface area contributed by atoms with E-state index >= 15 is 0 Å². The van der Waals surface area contributed by atoms with Crippen molar-refractivity contribution in [3.8, 4) is 0 Å². The van der Waals surface area contributed by atoms with Crippen molar-refractivity contribution in [2.24, 2.45) is 5.73 Å². The first-order valence-electron chi connectivity index (χ1n) is 6.58. The van der Waals surface area contributed by atoms with Crippen LogP contribution in [0.2, 0.25) is 0 Å². The Morgan fingerprint density at radius 2 is 2.16 bits per heavy atom. The van der Waals surface area contributed by atoms with Crippen molar-refractivity contribution >= 4 is 10.0 Å². The summed E-state index contributed by atoms with van der Waals surface area (Å²) in [6.07, 6.45) is 4.75. The molecule has 0 aromatic carbocycles. The highest BCUT2D eigenvalue weighted by Crippen LogP contribution is 2.11. The maximum absolute atomic E-state index is 12.0. The van der Waals surface area contributed by atoms with E-state index in [1.54, 1.807) is 0 Å². The summed E-state index contributed by atoms with van der Waals surface area (Å²) in [6, 6.07) is 0. The van der Waals surface area contributed by atoms with Crippen LogP contribution in [-0.2, 0) is 16.6 Å². The van der Waals surface area contributed by atoms with E-state index in [0.29, 0.717) is 12.1 Å². The normalized spacial score (nSPS) is 17.1. The number of hydrogen-bond acceptors (Lipinski definition) is 5. The maximum Gasteiger partial charge on any atom is 0.257 e. The molecule has 4 N–H and O–H groups in total. The van der Waals surface area contributed by atoms with Crippen LogP contribution < -0.4 is 10.5 Å². The summed E-state index contributed by atoms with van der Waals surface area (Å²) in [6.45, 7) is 3.78. The second kappa shape index (κ2) is 6.47. The summed E-state index contributed by atoms with van der Waals surface area (Å²) in [7, 11) is -3.52. The lowest BCUT2D eigenvalue weighted by atomic mass is 10.4. The molecule has 0 unspecified atom stereocenters. The Morgan fingerprint density at radius 3 is 2.84 bits per heavy atom. The van der Waals surface area contributed by atoms with Crippen LogP contribution in [0.4, 0.5) is 0 Å². The summed E-state index contributed by atoms with van der Waals surface area (Å²) in [5.41, 5.74) is 5.98. The lowest BCUT2D eigenvalue weighted by Gasteiger charge is -2.14. The predicted molar refractivity (Wildman–Crippen MR) is 72.0 cm³/mol. The zero-order valence-electron chi connectivity index (χ0n) is 10.9. The number of aromatic nitrogens is 2. The van der Waals surface area contributed by atoms with E-state index in [9.17, 15) is 8.42 Å². The number of hydrogen-bond donors (Lipinski definition) is 3. The van der Waals surface area contributed by atoms with Crippen LogP contribution in [0, 0.1) is 0 Å². The van der Waals surface area contributed by atoms with Gasteiger partial charge < -0.3 is 10.6 Å². The van der Waals surface area contributed by atoms with Gasteiger partial charge in [-0.15, -0.1) is 0 Å². The first kappa shape index (κ1) is 14.4. The van der Waals surface area contributed by atoms with Crippen molar-refractivity contribution in [1.29, 1.82) is 0 Å². The second-order valence-corrected chi connectivity index (χ2v) is 6.43. The molecule has 7 nitrogen and oxygen atoms in total. The minimum Gasteiger partial charge on any atom is -0.326 e. The minimum atomic E-state index is -3.52. The van der Waals surface area contributed by atoms with Crippen LogP contribution in [0.5, 0.6) is 0 Å². The van der Waals surface area contributed by atoms with Gasteiger partial charge in [-0.05, 0) is 38.9 Å². The fourth-order valence-corrected chi connectivity index (χ4v) is 3.48. The molecule has 0 saturated carbocycles. The summed E-state index contributed by atoms with van der Waals surface area (Å²) >= 11 is 0. The van der Waals surface area contributed by atoms with Crippen molar-refractivity contribution in [3.63, 3.8) is 0 Å². The van der Waals surface area contributed by atoms with E-state index in [-0.39, 0.29) is 11.6 Å². The van der Waals surface area contributed by atoms with Crippen molar-refractivity contribution in [2.75, 3.05) is 26.2 Å². The molecule has 0 aliphatic carbocycles.